The van der Waals surface area contributed by atoms with Gasteiger partial charge >= 0.3 is 0 Å². The van der Waals surface area contributed by atoms with Crippen molar-refractivity contribution < 1.29 is 0 Å². The van der Waals surface area contributed by atoms with E-state index < -0.39 is 0 Å². The molecule has 1 saturated carbocycles. The van der Waals surface area contributed by atoms with Gasteiger partial charge in [0.2, 0.25) is 0 Å². The molecule has 3 nitrogen and oxygen atoms in total. The van der Waals surface area contributed by atoms with Crippen molar-refractivity contribution in [1.29, 1.82) is 0 Å². The van der Waals surface area contributed by atoms with Crippen molar-refractivity contribution in [2.45, 2.75) is 25.1 Å². The average molecular weight is 199 g/mol. The molecule has 0 aliphatic heterocycles. The second-order valence-electron chi connectivity index (χ2n) is 3.58. The molecule has 1 aromatic rings. The van der Waals surface area contributed by atoms with Gasteiger partial charge in [-0.2, -0.15) is 0 Å². The number of H-pyrrole nitrogens is 1. The van der Waals surface area contributed by atoms with Gasteiger partial charge in [-0.1, -0.05) is 6.92 Å². The molecule has 0 aromatic carbocycles. The van der Waals surface area contributed by atoms with Gasteiger partial charge in [-0.05, 0) is 12.3 Å². The van der Waals surface area contributed by atoms with Crippen LogP contribution in [0, 0.1) is 5.92 Å². The van der Waals surface area contributed by atoms with Crippen LogP contribution in [0.3, 0.4) is 0 Å². The highest BCUT2D eigenvalue weighted by Gasteiger charge is 2.36. The van der Waals surface area contributed by atoms with Gasteiger partial charge in [0.15, 0.2) is 0 Å². The maximum absolute atomic E-state index is 11.2. The Morgan fingerprint density at radius 1 is 1.77 bits per heavy atom. The number of nitrogens with zero attached hydrogens (tertiary/aromatic N) is 1. The molecule has 0 amide bonds. The van der Waals surface area contributed by atoms with Crippen molar-refractivity contribution in [2.24, 2.45) is 5.92 Å². The number of aromatic nitrogens is 2. The summed E-state index contributed by atoms with van der Waals surface area (Å²) < 4.78 is 0. The van der Waals surface area contributed by atoms with E-state index in [4.69, 9.17) is 11.6 Å². The van der Waals surface area contributed by atoms with Gasteiger partial charge in [-0.25, -0.2) is 4.98 Å². The van der Waals surface area contributed by atoms with Gasteiger partial charge in [0.25, 0.3) is 5.56 Å². The summed E-state index contributed by atoms with van der Waals surface area (Å²) in [6.45, 7) is 2.15. The van der Waals surface area contributed by atoms with Gasteiger partial charge in [0, 0.05) is 12.0 Å². The molecule has 0 radical (unpaired) electrons. The molecule has 2 atom stereocenters. The highest BCUT2D eigenvalue weighted by molar-refractivity contribution is 6.16. The maximum atomic E-state index is 11.2. The molecule has 4 heteroatoms. The molecule has 13 heavy (non-hydrogen) atoms. The third-order valence-corrected chi connectivity index (χ3v) is 2.68. The first-order valence-electron chi connectivity index (χ1n) is 4.37. The molecule has 0 bridgehead atoms. The summed E-state index contributed by atoms with van der Waals surface area (Å²) in [5, 5.41) is 0. The highest BCUT2D eigenvalue weighted by atomic mass is 35.5. The fourth-order valence-corrected chi connectivity index (χ4v) is 1.61. The molecular weight excluding hydrogens is 188 g/mol. The first kappa shape index (κ1) is 8.75. The Labute approximate surface area is 81.2 Å². The van der Waals surface area contributed by atoms with E-state index in [0.29, 0.717) is 23.4 Å². The van der Waals surface area contributed by atoms with Crippen LogP contribution in [0.1, 0.15) is 30.8 Å². The van der Waals surface area contributed by atoms with Crippen LogP contribution in [0.2, 0.25) is 0 Å². The topological polar surface area (TPSA) is 45.8 Å². The van der Waals surface area contributed by atoms with Crippen LogP contribution in [0.25, 0.3) is 0 Å². The summed E-state index contributed by atoms with van der Waals surface area (Å²) in [6.07, 6.45) is 1.12. The number of hydrogen-bond donors (Lipinski definition) is 1. The minimum Gasteiger partial charge on any atom is -0.310 e. The normalized spacial score (nSPS) is 26.0. The summed E-state index contributed by atoms with van der Waals surface area (Å²) in [4.78, 5) is 18.2. The number of nitrogens with one attached hydrogen (secondary N) is 1. The molecule has 0 spiro atoms. The van der Waals surface area contributed by atoms with Crippen LogP contribution in [0.15, 0.2) is 10.9 Å². The molecular formula is C9H11ClN2O. The van der Waals surface area contributed by atoms with Crippen molar-refractivity contribution in [1.82, 2.24) is 9.97 Å². The molecule has 1 aliphatic rings. The van der Waals surface area contributed by atoms with Gasteiger partial charge in [-0.15, -0.1) is 11.6 Å². The number of alkyl halides is 1. The molecule has 70 valence electrons. The monoisotopic (exact) mass is 198 g/mol. The lowest BCUT2D eigenvalue weighted by Crippen LogP contribution is -2.11. The van der Waals surface area contributed by atoms with Gasteiger partial charge < -0.3 is 4.98 Å². The fraction of sp³-hybridized carbons (Fsp3) is 0.556. The maximum Gasteiger partial charge on any atom is 0.251 e. The molecule has 1 aromatic heterocycles. The first-order chi connectivity index (χ1) is 6.20. The Hall–Kier alpha value is -0.830. The van der Waals surface area contributed by atoms with Crippen LogP contribution < -0.4 is 5.56 Å². The Kier molecular flexibility index (Phi) is 2.12. The van der Waals surface area contributed by atoms with Crippen LogP contribution in [0.5, 0.6) is 0 Å². The summed E-state index contributed by atoms with van der Waals surface area (Å²) in [7, 11) is 0. The molecule has 2 unspecified atom stereocenters. The number of aromatic amines is 1. The zero-order chi connectivity index (χ0) is 9.42. The number of rotatable bonds is 2. The molecule has 0 saturated heterocycles. The third-order valence-electron chi connectivity index (χ3n) is 2.41. The lowest BCUT2D eigenvalue weighted by molar-refractivity contribution is 0.821. The van der Waals surface area contributed by atoms with E-state index in [-0.39, 0.29) is 5.56 Å². The highest BCUT2D eigenvalue weighted by Crippen LogP contribution is 2.44. The van der Waals surface area contributed by atoms with E-state index in [1.807, 2.05) is 0 Å². The van der Waals surface area contributed by atoms with Gasteiger partial charge in [0.05, 0.1) is 11.6 Å². The average Bonchev–Trinajstić information content (AvgIpc) is 2.81. The van der Waals surface area contributed by atoms with Crippen molar-refractivity contribution in [2.75, 3.05) is 0 Å². The Morgan fingerprint density at radius 2 is 2.46 bits per heavy atom. The quantitative estimate of drug-likeness (QED) is 0.735. The van der Waals surface area contributed by atoms with Crippen molar-refractivity contribution in [3.63, 3.8) is 0 Å². The largest absolute Gasteiger partial charge is 0.310 e. The van der Waals surface area contributed by atoms with E-state index in [0.717, 1.165) is 12.2 Å². The predicted octanol–water partition coefficient (Wildman–Crippen LogP) is 1.63. The van der Waals surface area contributed by atoms with Gasteiger partial charge in [0.1, 0.15) is 5.82 Å². The van der Waals surface area contributed by atoms with Crippen LogP contribution in [0.4, 0.5) is 0 Å². The summed E-state index contributed by atoms with van der Waals surface area (Å²) in [5.74, 6) is 2.19. The molecule has 1 aliphatic carbocycles. The van der Waals surface area contributed by atoms with Crippen LogP contribution >= 0.6 is 11.6 Å². The first-order valence-corrected chi connectivity index (χ1v) is 4.90. The standard InChI is InChI=1S/C9H11ClN2O/c1-5-2-7(5)9-11-6(4-10)3-8(13)12-9/h3,5,7H,2,4H2,1H3,(H,11,12,13). The molecule has 1 fully saturated rings. The number of halogens is 1. The Balaban J connectivity index is 2.35. The smallest absolute Gasteiger partial charge is 0.251 e. The summed E-state index contributed by atoms with van der Waals surface area (Å²) in [6, 6.07) is 1.45. The molecule has 2 rings (SSSR count). The SMILES string of the molecule is CC1CC1c1nc(CCl)cc(=O)[nH]1. The van der Waals surface area contributed by atoms with E-state index in [9.17, 15) is 4.79 Å². The Bertz CT molecular complexity index is 374. The Morgan fingerprint density at radius 3 is 3.00 bits per heavy atom. The third kappa shape index (κ3) is 1.75. The van der Waals surface area contributed by atoms with E-state index in [1.54, 1.807) is 0 Å². The molecule has 1 N–H and O–H groups in total. The van der Waals surface area contributed by atoms with Crippen molar-refractivity contribution in [3.8, 4) is 0 Å². The lowest BCUT2D eigenvalue weighted by Gasteiger charge is -1.99. The van der Waals surface area contributed by atoms with E-state index in [1.165, 1.54) is 6.07 Å². The van der Waals surface area contributed by atoms with Crippen molar-refractivity contribution in [3.05, 3.63) is 27.9 Å². The zero-order valence-corrected chi connectivity index (χ0v) is 8.14. The number of hydrogen-bond acceptors (Lipinski definition) is 2. The predicted molar refractivity (Wildman–Crippen MR) is 50.9 cm³/mol. The minimum atomic E-state index is -0.0975. The summed E-state index contributed by atoms with van der Waals surface area (Å²) in [5.41, 5.74) is 0.569. The van der Waals surface area contributed by atoms with Crippen molar-refractivity contribution >= 4 is 11.6 Å². The van der Waals surface area contributed by atoms with E-state index in [2.05, 4.69) is 16.9 Å². The summed E-state index contributed by atoms with van der Waals surface area (Å²) >= 11 is 5.62. The minimum absolute atomic E-state index is 0.0975. The van der Waals surface area contributed by atoms with Crippen LogP contribution in [-0.4, -0.2) is 9.97 Å². The second-order valence-corrected chi connectivity index (χ2v) is 3.84. The fourth-order valence-electron chi connectivity index (χ4n) is 1.48. The second kappa shape index (κ2) is 3.14. The van der Waals surface area contributed by atoms with Gasteiger partial charge in [-0.3, -0.25) is 4.79 Å². The van der Waals surface area contributed by atoms with Crippen LogP contribution in [-0.2, 0) is 5.88 Å². The lowest BCUT2D eigenvalue weighted by atomic mass is 10.3. The zero-order valence-electron chi connectivity index (χ0n) is 7.38. The van der Waals surface area contributed by atoms with E-state index >= 15 is 0 Å². The molecule has 1 heterocycles.